The van der Waals surface area contributed by atoms with Crippen molar-refractivity contribution in [3.05, 3.63) is 33.4 Å². The van der Waals surface area contributed by atoms with Crippen molar-refractivity contribution in [1.29, 1.82) is 0 Å². The SMILES string of the molecule is CCCCNC(=O)C(=O)Nc1cc(C)nn1-c1nc(C)c(C)c(=O)[nH]1. The van der Waals surface area contributed by atoms with Crippen molar-refractivity contribution in [3.63, 3.8) is 0 Å². The molecule has 9 nitrogen and oxygen atoms in total. The molecule has 0 aromatic carbocycles. The Hall–Kier alpha value is -2.97. The number of carbonyl (C=O) groups is 2. The molecule has 9 heteroatoms. The van der Waals surface area contributed by atoms with Gasteiger partial charge in [-0.2, -0.15) is 9.78 Å². The molecule has 0 atom stereocenters. The highest BCUT2D eigenvalue weighted by Gasteiger charge is 2.18. The summed E-state index contributed by atoms with van der Waals surface area (Å²) in [6.07, 6.45) is 1.71. The number of aromatic nitrogens is 4. The molecule has 2 rings (SSSR count). The molecule has 0 unspecified atom stereocenters. The van der Waals surface area contributed by atoms with Gasteiger partial charge in [0.2, 0.25) is 5.95 Å². The highest BCUT2D eigenvalue weighted by molar-refractivity contribution is 6.39. The number of hydrogen-bond donors (Lipinski definition) is 3. The molecule has 0 saturated carbocycles. The molecule has 0 fully saturated rings. The Balaban J connectivity index is 2.25. The molecule has 3 N–H and O–H groups in total. The summed E-state index contributed by atoms with van der Waals surface area (Å²) >= 11 is 0. The van der Waals surface area contributed by atoms with Crippen molar-refractivity contribution in [2.75, 3.05) is 11.9 Å². The van der Waals surface area contributed by atoms with Gasteiger partial charge in [-0.15, -0.1) is 0 Å². The monoisotopic (exact) mass is 346 g/mol. The van der Waals surface area contributed by atoms with E-state index in [4.69, 9.17) is 0 Å². The predicted molar refractivity (Wildman–Crippen MR) is 92.7 cm³/mol. The van der Waals surface area contributed by atoms with E-state index in [-0.39, 0.29) is 17.3 Å². The fourth-order valence-corrected chi connectivity index (χ4v) is 2.11. The summed E-state index contributed by atoms with van der Waals surface area (Å²) in [5.41, 5.74) is 1.38. The third-order valence-electron chi connectivity index (χ3n) is 3.68. The first-order valence-corrected chi connectivity index (χ1v) is 8.07. The minimum absolute atomic E-state index is 0.169. The lowest BCUT2D eigenvalue weighted by Crippen LogP contribution is -2.36. The average molecular weight is 346 g/mol. The van der Waals surface area contributed by atoms with Gasteiger partial charge in [-0.1, -0.05) is 13.3 Å². The molecule has 134 valence electrons. The zero-order valence-corrected chi connectivity index (χ0v) is 14.8. The van der Waals surface area contributed by atoms with Gasteiger partial charge in [0.05, 0.1) is 5.69 Å². The van der Waals surface area contributed by atoms with Gasteiger partial charge in [-0.05, 0) is 27.2 Å². The van der Waals surface area contributed by atoms with Gasteiger partial charge >= 0.3 is 11.8 Å². The number of aromatic amines is 1. The highest BCUT2D eigenvalue weighted by Crippen LogP contribution is 2.14. The Morgan fingerprint density at radius 2 is 1.96 bits per heavy atom. The van der Waals surface area contributed by atoms with E-state index in [1.54, 1.807) is 26.8 Å². The normalized spacial score (nSPS) is 10.6. The Bertz CT molecular complexity index is 852. The third-order valence-corrected chi connectivity index (χ3v) is 3.68. The van der Waals surface area contributed by atoms with Crippen LogP contribution in [0.25, 0.3) is 5.95 Å². The van der Waals surface area contributed by atoms with E-state index >= 15 is 0 Å². The van der Waals surface area contributed by atoms with Gasteiger partial charge in [0, 0.05) is 23.9 Å². The van der Waals surface area contributed by atoms with Crippen LogP contribution >= 0.6 is 0 Å². The fourth-order valence-electron chi connectivity index (χ4n) is 2.11. The first-order chi connectivity index (χ1) is 11.8. The van der Waals surface area contributed by atoms with E-state index in [1.165, 1.54) is 4.68 Å². The minimum atomic E-state index is -0.802. The molecule has 0 saturated heterocycles. The van der Waals surface area contributed by atoms with Crippen molar-refractivity contribution in [2.24, 2.45) is 0 Å². The third kappa shape index (κ3) is 4.31. The zero-order valence-electron chi connectivity index (χ0n) is 14.8. The standard InChI is InChI=1S/C16H22N6O3/c1-5-6-7-17-14(24)15(25)19-12-8-9(2)21-22(12)16-18-11(4)10(3)13(23)20-16/h8H,5-7H2,1-4H3,(H,17,24)(H,19,25)(H,18,20,23). The quantitative estimate of drug-likeness (QED) is 0.544. The topological polar surface area (TPSA) is 122 Å². The number of nitrogens with zero attached hydrogens (tertiary/aromatic N) is 3. The van der Waals surface area contributed by atoms with Crippen LogP contribution in [0.2, 0.25) is 0 Å². The smallest absolute Gasteiger partial charge is 0.314 e. The Morgan fingerprint density at radius 1 is 1.24 bits per heavy atom. The van der Waals surface area contributed by atoms with Gasteiger partial charge in [-0.25, -0.2) is 4.98 Å². The number of H-pyrrole nitrogens is 1. The van der Waals surface area contributed by atoms with Gasteiger partial charge in [0.25, 0.3) is 5.56 Å². The summed E-state index contributed by atoms with van der Waals surface area (Å²) in [6.45, 7) is 7.54. The maximum absolute atomic E-state index is 12.0. The summed E-state index contributed by atoms with van der Waals surface area (Å²) in [5, 5.41) is 9.26. The molecular formula is C16H22N6O3. The van der Waals surface area contributed by atoms with Crippen LogP contribution in [0.4, 0.5) is 5.82 Å². The van der Waals surface area contributed by atoms with Crippen LogP contribution in [0.3, 0.4) is 0 Å². The van der Waals surface area contributed by atoms with Gasteiger partial charge < -0.3 is 10.6 Å². The molecule has 0 aliphatic heterocycles. The lowest BCUT2D eigenvalue weighted by molar-refractivity contribution is -0.136. The molecule has 0 spiro atoms. The van der Waals surface area contributed by atoms with E-state index in [9.17, 15) is 14.4 Å². The van der Waals surface area contributed by atoms with Crippen LogP contribution in [0.15, 0.2) is 10.9 Å². The number of nitrogens with one attached hydrogen (secondary N) is 3. The minimum Gasteiger partial charge on any atom is -0.348 e. The van der Waals surface area contributed by atoms with Crippen molar-refractivity contribution >= 4 is 17.6 Å². The molecule has 2 aromatic rings. The second kappa shape index (κ2) is 7.73. The predicted octanol–water partition coefficient (Wildman–Crippen LogP) is 0.736. The maximum Gasteiger partial charge on any atom is 0.314 e. The average Bonchev–Trinajstić information content (AvgIpc) is 2.92. The van der Waals surface area contributed by atoms with Crippen LogP contribution in [0, 0.1) is 20.8 Å². The van der Waals surface area contributed by atoms with Gasteiger partial charge in [0.15, 0.2) is 0 Å². The first kappa shape index (κ1) is 18.4. The van der Waals surface area contributed by atoms with Gasteiger partial charge in [-0.3, -0.25) is 19.4 Å². The lowest BCUT2D eigenvalue weighted by Gasteiger charge is -2.09. The van der Waals surface area contributed by atoms with Crippen LogP contribution in [0.1, 0.15) is 36.7 Å². The number of aryl methyl sites for hydroxylation is 2. The summed E-state index contributed by atoms with van der Waals surface area (Å²) in [4.78, 5) is 42.7. The summed E-state index contributed by atoms with van der Waals surface area (Å²) in [7, 11) is 0. The number of rotatable bonds is 5. The fraction of sp³-hybridized carbons (Fsp3) is 0.438. The van der Waals surface area contributed by atoms with Crippen molar-refractivity contribution in [2.45, 2.75) is 40.5 Å². The van der Waals surface area contributed by atoms with E-state index in [0.717, 1.165) is 12.8 Å². The van der Waals surface area contributed by atoms with E-state index in [2.05, 4.69) is 25.7 Å². The van der Waals surface area contributed by atoms with Crippen molar-refractivity contribution in [1.82, 2.24) is 25.1 Å². The summed E-state index contributed by atoms with van der Waals surface area (Å²) in [6, 6.07) is 1.59. The summed E-state index contributed by atoms with van der Waals surface area (Å²) in [5.74, 6) is -1.11. The lowest BCUT2D eigenvalue weighted by atomic mass is 10.3. The van der Waals surface area contributed by atoms with Crippen LogP contribution in [-0.2, 0) is 9.59 Å². The van der Waals surface area contributed by atoms with E-state index in [0.29, 0.717) is 23.5 Å². The molecular weight excluding hydrogens is 324 g/mol. The van der Waals surface area contributed by atoms with Crippen molar-refractivity contribution < 1.29 is 9.59 Å². The molecule has 2 heterocycles. The number of unbranched alkanes of at least 4 members (excludes halogenated alkanes) is 1. The van der Waals surface area contributed by atoms with Crippen LogP contribution < -0.4 is 16.2 Å². The molecule has 0 bridgehead atoms. The molecule has 2 aromatic heterocycles. The first-order valence-electron chi connectivity index (χ1n) is 8.07. The highest BCUT2D eigenvalue weighted by atomic mass is 16.2. The second-order valence-electron chi connectivity index (χ2n) is 5.75. The zero-order chi connectivity index (χ0) is 18.6. The van der Waals surface area contributed by atoms with Crippen LogP contribution in [0.5, 0.6) is 0 Å². The van der Waals surface area contributed by atoms with Crippen molar-refractivity contribution in [3.8, 4) is 5.95 Å². The Morgan fingerprint density at radius 3 is 2.60 bits per heavy atom. The van der Waals surface area contributed by atoms with Gasteiger partial charge in [0.1, 0.15) is 5.82 Å². The molecule has 0 aliphatic rings. The number of carbonyl (C=O) groups excluding carboxylic acids is 2. The molecule has 25 heavy (non-hydrogen) atoms. The Labute approximate surface area is 144 Å². The molecule has 2 amide bonds. The molecule has 0 aliphatic carbocycles. The Kier molecular flexibility index (Phi) is 5.68. The molecule has 0 radical (unpaired) electrons. The summed E-state index contributed by atoms with van der Waals surface area (Å²) < 4.78 is 1.29. The van der Waals surface area contributed by atoms with E-state index < -0.39 is 11.8 Å². The van der Waals surface area contributed by atoms with E-state index in [1.807, 2.05) is 6.92 Å². The number of amides is 2. The second-order valence-corrected chi connectivity index (χ2v) is 5.75. The van der Waals surface area contributed by atoms with Crippen LogP contribution in [-0.4, -0.2) is 38.1 Å². The maximum atomic E-state index is 12.0. The largest absolute Gasteiger partial charge is 0.348 e. The number of anilines is 1. The number of hydrogen-bond acceptors (Lipinski definition) is 5.